The van der Waals surface area contributed by atoms with E-state index in [1.165, 1.54) is 0 Å². The molecule has 3 rings (SSSR count). The summed E-state index contributed by atoms with van der Waals surface area (Å²) in [6.45, 7) is 9.51. The van der Waals surface area contributed by atoms with E-state index in [4.69, 9.17) is 33.7 Å². The van der Waals surface area contributed by atoms with Crippen LogP contribution in [0, 0.1) is 18.3 Å². The van der Waals surface area contributed by atoms with Crippen molar-refractivity contribution in [3.63, 3.8) is 0 Å². The molecule has 1 aromatic heterocycles. The molecule has 0 aliphatic carbocycles. The molecule has 0 bridgehead atoms. The number of allylic oxidation sites excluding steroid dienone is 1. The molecule has 0 spiro atoms. The van der Waals surface area contributed by atoms with Gasteiger partial charge in [-0.1, -0.05) is 43.1 Å². The molecule has 2 heterocycles. The average molecular weight is 461 g/mol. The number of hydrogen-bond donors (Lipinski definition) is 1. The fourth-order valence-corrected chi connectivity index (χ4v) is 4.52. The third-order valence-electron chi connectivity index (χ3n) is 5.71. The zero-order chi connectivity index (χ0) is 22.7. The molecule has 8 heteroatoms. The standard InChI is InChI=1S/C23H26Cl2N4O2/c1-4-28(5-2)9-6-10-29-14(3)11-19-21(23(29)30)20(17(13-26)22(27)31-19)16-8-7-15(24)12-18(16)25/h7-8,11-12,20H,4-6,9-10,27H2,1-3H3. The van der Waals surface area contributed by atoms with Gasteiger partial charge in [0.2, 0.25) is 5.88 Å². The fourth-order valence-electron chi connectivity index (χ4n) is 4.00. The van der Waals surface area contributed by atoms with E-state index in [1.54, 1.807) is 28.8 Å². The van der Waals surface area contributed by atoms with Crippen molar-refractivity contribution in [3.05, 3.63) is 72.9 Å². The summed E-state index contributed by atoms with van der Waals surface area (Å²) in [5, 5.41) is 10.6. The molecule has 1 aliphatic rings. The molecule has 1 unspecified atom stereocenters. The highest BCUT2D eigenvalue weighted by atomic mass is 35.5. The number of fused-ring (bicyclic) bond motifs is 1. The van der Waals surface area contributed by atoms with E-state index >= 15 is 0 Å². The molecule has 0 saturated heterocycles. The van der Waals surface area contributed by atoms with E-state index in [2.05, 4.69) is 24.8 Å². The maximum absolute atomic E-state index is 13.6. The molecule has 0 fully saturated rings. The Labute approximate surface area is 192 Å². The van der Waals surface area contributed by atoms with Crippen molar-refractivity contribution < 1.29 is 4.74 Å². The van der Waals surface area contributed by atoms with Crippen molar-refractivity contribution >= 4 is 23.2 Å². The number of aromatic nitrogens is 1. The van der Waals surface area contributed by atoms with E-state index in [0.29, 0.717) is 33.5 Å². The first-order valence-electron chi connectivity index (χ1n) is 10.3. The highest BCUT2D eigenvalue weighted by Crippen LogP contribution is 2.43. The van der Waals surface area contributed by atoms with Crippen molar-refractivity contribution in [1.29, 1.82) is 5.26 Å². The van der Waals surface area contributed by atoms with Gasteiger partial charge in [0.15, 0.2) is 0 Å². The number of halogens is 2. The first-order valence-corrected chi connectivity index (χ1v) is 11.1. The smallest absolute Gasteiger partial charge is 0.258 e. The second-order valence-corrected chi connectivity index (χ2v) is 8.34. The summed E-state index contributed by atoms with van der Waals surface area (Å²) in [4.78, 5) is 15.9. The number of nitrogens with two attached hydrogens (primary N) is 1. The summed E-state index contributed by atoms with van der Waals surface area (Å²) in [6.07, 6.45) is 0.831. The minimum absolute atomic E-state index is 0.0240. The molecule has 31 heavy (non-hydrogen) atoms. The van der Waals surface area contributed by atoms with Crippen LogP contribution in [0.1, 0.15) is 43.0 Å². The molecule has 0 radical (unpaired) electrons. The maximum Gasteiger partial charge on any atom is 0.258 e. The van der Waals surface area contributed by atoms with Crippen LogP contribution < -0.4 is 16.0 Å². The Bertz CT molecular complexity index is 1110. The third-order valence-corrected chi connectivity index (χ3v) is 6.28. The molecule has 0 saturated carbocycles. The SMILES string of the molecule is CCN(CC)CCCn1c(C)cc2c(c1=O)C(c1ccc(Cl)cc1Cl)C(C#N)=C(N)O2. The molecule has 6 nitrogen and oxygen atoms in total. The molecule has 2 aromatic rings. The molecule has 1 atom stereocenters. The summed E-state index contributed by atoms with van der Waals surface area (Å²) in [6, 6.07) is 8.89. The Morgan fingerprint density at radius 2 is 1.97 bits per heavy atom. The number of aryl methyl sites for hydroxylation is 1. The van der Waals surface area contributed by atoms with Gasteiger partial charge in [0.1, 0.15) is 17.4 Å². The highest BCUT2D eigenvalue weighted by molar-refractivity contribution is 6.35. The first kappa shape index (κ1) is 23.2. The van der Waals surface area contributed by atoms with Crippen molar-refractivity contribution in [3.8, 4) is 11.8 Å². The lowest BCUT2D eigenvalue weighted by Crippen LogP contribution is -2.33. The Hall–Kier alpha value is -2.46. The number of rotatable bonds is 7. The lowest BCUT2D eigenvalue weighted by Gasteiger charge is -2.28. The molecule has 164 valence electrons. The number of ether oxygens (including phenoxy) is 1. The van der Waals surface area contributed by atoms with Crippen LogP contribution in [0.4, 0.5) is 0 Å². The van der Waals surface area contributed by atoms with Crippen LogP contribution in [0.2, 0.25) is 10.0 Å². The third kappa shape index (κ3) is 4.59. The Balaban J connectivity index is 2.11. The van der Waals surface area contributed by atoms with Gasteiger partial charge in [-0.05, 0) is 50.7 Å². The first-order chi connectivity index (χ1) is 14.8. The lowest BCUT2D eigenvalue weighted by molar-refractivity contribution is 0.292. The van der Waals surface area contributed by atoms with E-state index in [0.717, 1.165) is 31.7 Å². The summed E-state index contributed by atoms with van der Waals surface area (Å²) in [5.41, 5.74) is 7.73. The molecular weight excluding hydrogens is 435 g/mol. The van der Waals surface area contributed by atoms with Crippen LogP contribution in [-0.2, 0) is 6.54 Å². The Morgan fingerprint density at radius 1 is 1.26 bits per heavy atom. The van der Waals surface area contributed by atoms with Gasteiger partial charge < -0.3 is 19.9 Å². The van der Waals surface area contributed by atoms with Gasteiger partial charge in [-0.3, -0.25) is 4.79 Å². The van der Waals surface area contributed by atoms with Crippen LogP contribution in [0.15, 0.2) is 40.5 Å². The van der Waals surface area contributed by atoms with E-state index in [9.17, 15) is 10.1 Å². The van der Waals surface area contributed by atoms with Crippen LogP contribution in [0.25, 0.3) is 0 Å². The van der Waals surface area contributed by atoms with Crippen molar-refractivity contribution in [2.75, 3.05) is 19.6 Å². The molecular formula is C23H26Cl2N4O2. The van der Waals surface area contributed by atoms with Crippen LogP contribution >= 0.6 is 23.2 Å². The predicted molar refractivity (Wildman–Crippen MR) is 124 cm³/mol. The molecule has 2 N–H and O–H groups in total. The second-order valence-electron chi connectivity index (χ2n) is 7.49. The summed E-state index contributed by atoms with van der Waals surface area (Å²) < 4.78 is 7.42. The van der Waals surface area contributed by atoms with Gasteiger partial charge in [0.05, 0.1) is 11.5 Å². The summed E-state index contributed by atoms with van der Waals surface area (Å²) in [5.74, 6) is -0.389. The molecule has 0 amide bonds. The zero-order valence-electron chi connectivity index (χ0n) is 17.9. The zero-order valence-corrected chi connectivity index (χ0v) is 19.4. The number of nitriles is 1. The molecule has 1 aliphatic heterocycles. The van der Waals surface area contributed by atoms with Crippen LogP contribution in [0.3, 0.4) is 0 Å². The fraction of sp³-hybridized carbons (Fsp3) is 0.391. The summed E-state index contributed by atoms with van der Waals surface area (Å²) in [7, 11) is 0. The van der Waals surface area contributed by atoms with E-state index < -0.39 is 5.92 Å². The van der Waals surface area contributed by atoms with Gasteiger partial charge in [0, 0.05) is 28.4 Å². The van der Waals surface area contributed by atoms with Gasteiger partial charge in [0.25, 0.3) is 5.56 Å². The van der Waals surface area contributed by atoms with Crippen LogP contribution in [-0.4, -0.2) is 29.1 Å². The second kappa shape index (κ2) is 9.78. The van der Waals surface area contributed by atoms with Gasteiger partial charge in [-0.15, -0.1) is 0 Å². The monoisotopic (exact) mass is 460 g/mol. The number of nitrogens with zero attached hydrogens (tertiary/aromatic N) is 3. The van der Waals surface area contributed by atoms with Gasteiger partial charge in [-0.25, -0.2) is 0 Å². The number of hydrogen-bond acceptors (Lipinski definition) is 5. The predicted octanol–water partition coefficient (Wildman–Crippen LogP) is 4.41. The maximum atomic E-state index is 13.6. The van der Waals surface area contributed by atoms with Crippen molar-refractivity contribution in [2.45, 2.75) is 39.7 Å². The Kier molecular flexibility index (Phi) is 7.32. The topological polar surface area (TPSA) is 84.3 Å². The Morgan fingerprint density at radius 3 is 2.58 bits per heavy atom. The van der Waals surface area contributed by atoms with E-state index in [1.807, 2.05) is 6.92 Å². The van der Waals surface area contributed by atoms with Gasteiger partial charge >= 0.3 is 0 Å². The summed E-state index contributed by atoms with van der Waals surface area (Å²) >= 11 is 12.5. The quantitative estimate of drug-likeness (QED) is 0.660. The molecule has 1 aromatic carbocycles. The van der Waals surface area contributed by atoms with Crippen molar-refractivity contribution in [1.82, 2.24) is 9.47 Å². The van der Waals surface area contributed by atoms with Crippen molar-refractivity contribution in [2.24, 2.45) is 5.73 Å². The average Bonchev–Trinajstić information content (AvgIpc) is 2.72. The number of benzene rings is 1. The minimum atomic E-state index is -0.722. The van der Waals surface area contributed by atoms with E-state index in [-0.39, 0.29) is 17.0 Å². The lowest BCUT2D eigenvalue weighted by atomic mass is 9.84. The highest BCUT2D eigenvalue weighted by Gasteiger charge is 2.35. The normalized spacial score (nSPS) is 15.6. The van der Waals surface area contributed by atoms with Gasteiger partial charge in [-0.2, -0.15) is 5.26 Å². The van der Waals surface area contributed by atoms with Crippen LogP contribution in [0.5, 0.6) is 5.75 Å². The minimum Gasteiger partial charge on any atom is -0.440 e. The largest absolute Gasteiger partial charge is 0.440 e. The number of pyridine rings is 1.